The molecule has 0 aromatic carbocycles. The molecule has 0 heterocycles. The van der Waals surface area contributed by atoms with Gasteiger partial charge in [-0.05, 0) is 0 Å². The average molecular weight is 1070 g/mol. The van der Waals surface area contributed by atoms with E-state index in [9.17, 15) is 0 Å². The molecule has 0 radical (unpaired) electrons. The van der Waals surface area contributed by atoms with Crippen LogP contribution in [0.1, 0.15) is 0 Å². The van der Waals surface area contributed by atoms with Gasteiger partial charge in [0.2, 0.25) is 0 Å². The van der Waals surface area contributed by atoms with Crippen LogP contribution < -0.4 is 0 Å². The molecule has 15 nitrogen and oxygen atoms in total. The van der Waals surface area contributed by atoms with Gasteiger partial charge in [0.25, 0.3) is 0 Å². The van der Waals surface area contributed by atoms with Crippen molar-refractivity contribution in [1.29, 1.82) is 0 Å². The van der Waals surface area contributed by atoms with Gasteiger partial charge in [0.15, 0.2) is 0 Å². The van der Waals surface area contributed by atoms with E-state index in [2.05, 4.69) is 98.7 Å². The van der Waals surface area contributed by atoms with Gasteiger partial charge in [0, 0.05) is 17.1 Å². The Balaban J connectivity index is -0.000000170. The van der Waals surface area contributed by atoms with E-state index in [0.717, 1.165) is 0 Å². The summed E-state index contributed by atoms with van der Waals surface area (Å²) in [7, 11) is -8.23. The fourth-order valence-electron chi connectivity index (χ4n) is 2.53. The molecule has 0 N–H and O–H groups in total. The second kappa shape index (κ2) is 72.2. The van der Waals surface area contributed by atoms with Crippen molar-refractivity contribution in [2.45, 2.75) is 0 Å². The van der Waals surface area contributed by atoms with Crippen LogP contribution in [0.25, 0.3) is 0 Å². The van der Waals surface area contributed by atoms with Crippen LogP contribution >= 0.6 is 43.0 Å². The molecule has 0 spiro atoms. The zero-order valence-electron chi connectivity index (χ0n) is 38.9. The Labute approximate surface area is 415 Å². The molecule has 0 fully saturated rings. The summed E-state index contributed by atoms with van der Waals surface area (Å²) in [4.78, 5) is 0. The van der Waals surface area contributed by atoms with Crippen molar-refractivity contribution in [3.63, 3.8) is 0 Å². The molecule has 0 aromatic heterocycles. The maximum absolute atomic E-state index is 5.24. The summed E-state index contributed by atoms with van der Waals surface area (Å²) in [6.45, 7) is 59.5. The smallest absolute Gasteiger partial charge is 0.175 e. The maximum Gasteiger partial charge on any atom is 0.398 e. The molecule has 0 saturated heterocycles. The van der Waals surface area contributed by atoms with Crippen LogP contribution in [0.3, 0.4) is 0 Å². The molecule has 66 heavy (non-hydrogen) atoms. The predicted molar refractivity (Wildman–Crippen MR) is 284 cm³/mol. The van der Waals surface area contributed by atoms with Crippen molar-refractivity contribution in [3.8, 4) is 0 Å². The summed E-state index contributed by atoms with van der Waals surface area (Å²) < 4.78 is 78.6. The molecule has 21 heteroatoms. The Morgan fingerprint density at radius 3 is 0.273 bits per heavy atom. The monoisotopic (exact) mass is 1070 g/mol. The Kier molecular flexibility index (Phi) is 82.7. The fraction of sp³-hybridized carbons (Fsp3) is 0.333. The molecule has 0 saturated carbocycles. The molecule has 0 amide bonds. The summed E-state index contributed by atoms with van der Waals surface area (Å²) in [5.74, 6) is 0. The van der Waals surface area contributed by atoms with Crippen LogP contribution in [0.15, 0.2) is 190 Å². The first-order valence-corrected chi connectivity index (χ1v) is 25.8. The summed E-state index contributed by atoms with van der Waals surface area (Å²) in [6.07, 6.45) is 24.8. The minimum Gasteiger partial charge on any atom is -0.175 e. The largest absolute Gasteiger partial charge is 0.398 e. The molecule has 0 aliphatic rings. The van der Waals surface area contributed by atoms with Crippen molar-refractivity contribution < 1.29 is 84.9 Å². The van der Waals surface area contributed by atoms with Crippen LogP contribution in [0.2, 0.25) is 0 Å². The number of hydrogen-bond donors (Lipinski definition) is 0. The van der Waals surface area contributed by atoms with Crippen molar-refractivity contribution in [2.24, 2.45) is 0 Å². The summed E-state index contributed by atoms with van der Waals surface area (Å²) in [6, 6.07) is 0. The maximum atomic E-state index is 5.24. The van der Waals surface area contributed by atoms with E-state index in [1.807, 2.05) is 0 Å². The molecule has 0 aliphatic heterocycles. The minimum absolute atomic E-state index is 0. The van der Waals surface area contributed by atoms with Crippen LogP contribution in [-0.2, 0) is 84.9 Å². The van der Waals surface area contributed by atoms with Gasteiger partial charge in [0.05, 0.1) is 0 Å². The second-order valence-electron chi connectivity index (χ2n) is 10.2. The Hall–Kier alpha value is -1.83. The minimum atomic E-state index is -1.65. The number of hydrogen-bond acceptors (Lipinski definition) is 15. The summed E-state index contributed by atoms with van der Waals surface area (Å²) >= 11 is 0. The van der Waals surface area contributed by atoms with E-state index in [1.165, 1.54) is 0 Å². The van der Waals surface area contributed by atoms with Gasteiger partial charge >= 0.3 is 43.0 Å². The first-order valence-electron chi connectivity index (χ1n) is 19.6. The van der Waals surface area contributed by atoms with E-state index in [0.29, 0.717) is 99.1 Å². The molecule has 0 unspecified atom stereocenters. The zero-order chi connectivity index (χ0) is 49.7. The van der Waals surface area contributed by atoms with E-state index < -0.39 is 43.0 Å². The normalized spacial score (nSPS) is 9.77. The second-order valence-corrected chi connectivity index (χ2v) is 17.1. The van der Waals surface area contributed by atoms with E-state index in [-0.39, 0.29) is 17.1 Å². The Morgan fingerprint density at radius 2 is 0.227 bits per heavy atom. The zero-order valence-corrected chi connectivity index (χ0v) is 45.0. The molecule has 0 aliphatic carbocycles. The van der Waals surface area contributed by atoms with Gasteiger partial charge in [-0.3, -0.25) is 0 Å². The van der Waals surface area contributed by atoms with Crippen molar-refractivity contribution in [3.05, 3.63) is 190 Å². The molecule has 0 rings (SSSR count). The van der Waals surface area contributed by atoms with Crippen molar-refractivity contribution in [2.75, 3.05) is 99.1 Å². The average Bonchev–Trinajstić information content (AvgIpc) is 3.33. The predicted octanol–water partition coefficient (Wildman–Crippen LogP) is 12.8. The third-order valence-electron chi connectivity index (χ3n) is 4.79. The van der Waals surface area contributed by atoms with E-state index in [4.69, 9.17) is 67.9 Å². The molecule has 0 bridgehead atoms. The van der Waals surface area contributed by atoms with Gasteiger partial charge in [-0.2, -0.15) is 67.9 Å². The Bertz CT molecular complexity index is 868. The van der Waals surface area contributed by atoms with Gasteiger partial charge in [-0.25, -0.2) is 0 Å². The Morgan fingerprint density at radius 1 is 0.167 bits per heavy atom. The standard InChI is InChI=1S/5C9H16O3P.Fe/c5*1-4-7-10-13(11-8-5-2)12-9-6-3;/h5*4-6,13H,1-3,7-9H2;/q5*+1;. The van der Waals surface area contributed by atoms with E-state index >= 15 is 0 Å². The van der Waals surface area contributed by atoms with Crippen LogP contribution in [0, 0.1) is 0 Å². The number of rotatable bonds is 45. The van der Waals surface area contributed by atoms with Crippen LogP contribution in [0.4, 0.5) is 0 Å². The van der Waals surface area contributed by atoms with Gasteiger partial charge in [-0.1, -0.05) is 91.1 Å². The topological polar surface area (TPSA) is 138 Å². The summed E-state index contributed by atoms with van der Waals surface area (Å²) in [5, 5.41) is 0. The third kappa shape index (κ3) is 68.7. The first-order chi connectivity index (χ1) is 31.7. The molecule has 0 atom stereocenters. The first kappa shape index (κ1) is 75.7. The third-order valence-corrected chi connectivity index (χ3v) is 10.8. The molecular weight excluding hydrogens is 991 g/mol. The summed E-state index contributed by atoms with van der Waals surface area (Å²) in [5.41, 5.74) is 0. The van der Waals surface area contributed by atoms with Gasteiger partial charge in [0.1, 0.15) is 99.1 Å². The van der Waals surface area contributed by atoms with Gasteiger partial charge in [-0.15, -0.1) is 98.7 Å². The van der Waals surface area contributed by atoms with Crippen molar-refractivity contribution in [1.82, 2.24) is 0 Å². The van der Waals surface area contributed by atoms with Crippen molar-refractivity contribution >= 4 is 43.0 Å². The van der Waals surface area contributed by atoms with Crippen LogP contribution in [0.5, 0.6) is 0 Å². The quantitative estimate of drug-likeness (QED) is 0.0324. The molecule has 378 valence electrons. The van der Waals surface area contributed by atoms with E-state index in [1.54, 1.807) is 91.1 Å². The van der Waals surface area contributed by atoms with Gasteiger partial charge < -0.3 is 0 Å². The fourth-order valence-corrected chi connectivity index (χ4v) is 7.59. The molecular formula is C45H80FeO15P5+5. The molecule has 0 aromatic rings. The van der Waals surface area contributed by atoms with Crippen LogP contribution in [-0.4, -0.2) is 99.1 Å². The SMILES string of the molecule is C=CCO[PH+](OCC=C)OCC=C.C=CCO[PH+](OCC=C)OCC=C.C=CCO[PH+](OCC=C)OCC=C.C=CCO[PH+](OCC=C)OCC=C.C=CCO[PH+](OCC=C)OCC=C.[Fe].